The number of carbonyl (C=O) groups is 1. The quantitative estimate of drug-likeness (QED) is 0.806. The molecule has 0 aromatic heterocycles. The van der Waals surface area contributed by atoms with Crippen LogP contribution in [0.25, 0.3) is 0 Å². The van der Waals surface area contributed by atoms with Gasteiger partial charge in [0.25, 0.3) is 0 Å². The minimum absolute atomic E-state index is 0.198. The largest absolute Gasteiger partial charge is 0.342 e. The van der Waals surface area contributed by atoms with Crippen LogP contribution in [-0.2, 0) is 4.79 Å². The molecule has 0 aromatic rings. The average molecular weight is 292 g/mol. The number of carbonyl (C=O) groups excluding carboxylic acids is 1. The molecule has 0 radical (unpaired) electrons. The van der Waals surface area contributed by atoms with Gasteiger partial charge in [0, 0.05) is 25.0 Å². The third-order valence-electron chi connectivity index (χ3n) is 6.38. The highest BCUT2D eigenvalue weighted by Crippen LogP contribution is 2.45. The number of nitrogens with zero attached hydrogens (tertiary/aromatic N) is 1. The van der Waals surface area contributed by atoms with Gasteiger partial charge >= 0.3 is 0 Å². The summed E-state index contributed by atoms with van der Waals surface area (Å²) >= 11 is 0. The molecule has 1 saturated heterocycles. The number of rotatable bonds is 1. The van der Waals surface area contributed by atoms with E-state index in [1.807, 2.05) is 0 Å². The normalized spacial score (nSPS) is 36.7. The number of piperidine rings is 1. The van der Waals surface area contributed by atoms with Crippen LogP contribution in [0, 0.1) is 17.3 Å². The predicted octanol–water partition coefficient (Wildman–Crippen LogP) is 3.32. The fraction of sp³-hybridized carbons (Fsp3) is 0.944. The van der Waals surface area contributed by atoms with E-state index in [9.17, 15) is 4.79 Å². The second-order valence-electron chi connectivity index (χ2n) is 8.16. The summed E-state index contributed by atoms with van der Waals surface area (Å²) in [6, 6.07) is 0.233. The summed E-state index contributed by atoms with van der Waals surface area (Å²) in [4.78, 5) is 14.9. The molecule has 1 amide bonds. The minimum Gasteiger partial charge on any atom is -0.342 e. The van der Waals surface area contributed by atoms with E-state index in [1.54, 1.807) is 0 Å². The smallest absolute Gasteiger partial charge is 0.225 e. The molecule has 3 nitrogen and oxygen atoms in total. The molecule has 0 aromatic carbocycles. The van der Waals surface area contributed by atoms with Crippen LogP contribution in [-0.4, -0.2) is 29.9 Å². The van der Waals surface area contributed by atoms with Gasteiger partial charge in [-0.05, 0) is 56.3 Å². The van der Waals surface area contributed by atoms with E-state index < -0.39 is 0 Å². The lowest BCUT2D eigenvalue weighted by Gasteiger charge is -2.45. The van der Waals surface area contributed by atoms with E-state index in [0.29, 0.717) is 17.2 Å². The van der Waals surface area contributed by atoms with Crippen molar-refractivity contribution in [3.63, 3.8) is 0 Å². The van der Waals surface area contributed by atoms with Gasteiger partial charge in [-0.1, -0.05) is 26.2 Å². The Labute approximate surface area is 129 Å². The van der Waals surface area contributed by atoms with Crippen molar-refractivity contribution in [3.05, 3.63) is 0 Å². The molecule has 2 N–H and O–H groups in total. The SMILES string of the molecule is CC1CC(N)CC(C(=O)N2CCC3(CCCCC3)CC2)C1. The van der Waals surface area contributed by atoms with Gasteiger partial charge in [-0.25, -0.2) is 0 Å². The first-order chi connectivity index (χ1) is 10.1. The minimum atomic E-state index is 0.198. The molecule has 1 spiro atoms. The van der Waals surface area contributed by atoms with Gasteiger partial charge in [0.1, 0.15) is 0 Å². The summed E-state index contributed by atoms with van der Waals surface area (Å²) in [7, 11) is 0. The summed E-state index contributed by atoms with van der Waals surface area (Å²) in [6.45, 7) is 4.24. The maximum atomic E-state index is 12.8. The van der Waals surface area contributed by atoms with Crippen molar-refractivity contribution in [2.24, 2.45) is 23.0 Å². The Hall–Kier alpha value is -0.570. The lowest BCUT2D eigenvalue weighted by Crippen LogP contribution is -2.48. The van der Waals surface area contributed by atoms with Gasteiger partial charge in [-0.3, -0.25) is 4.79 Å². The standard InChI is InChI=1S/C18H32N2O/c1-14-11-15(13-16(19)12-14)17(21)20-9-7-18(8-10-20)5-3-2-4-6-18/h14-16H,2-13,19H2,1H3. The van der Waals surface area contributed by atoms with Gasteiger partial charge in [0.2, 0.25) is 5.91 Å². The fourth-order valence-electron chi connectivity index (χ4n) is 5.12. The molecule has 3 fully saturated rings. The van der Waals surface area contributed by atoms with Gasteiger partial charge in [0.15, 0.2) is 0 Å². The monoisotopic (exact) mass is 292 g/mol. The number of hydrogen-bond acceptors (Lipinski definition) is 2. The van der Waals surface area contributed by atoms with Crippen LogP contribution < -0.4 is 5.73 Å². The van der Waals surface area contributed by atoms with Crippen molar-refractivity contribution in [2.45, 2.75) is 77.2 Å². The highest BCUT2D eigenvalue weighted by atomic mass is 16.2. The molecule has 3 rings (SSSR count). The van der Waals surface area contributed by atoms with Crippen LogP contribution in [0.15, 0.2) is 0 Å². The van der Waals surface area contributed by atoms with Crippen LogP contribution in [0.2, 0.25) is 0 Å². The van der Waals surface area contributed by atoms with Crippen LogP contribution in [0.1, 0.15) is 71.1 Å². The first-order valence-corrected chi connectivity index (χ1v) is 9.12. The third-order valence-corrected chi connectivity index (χ3v) is 6.38. The zero-order valence-corrected chi connectivity index (χ0v) is 13.7. The Morgan fingerprint density at radius 1 is 1.00 bits per heavy atom. The predicted molar refractivity (Wildman–Crippen MR) is 85.8 cm³/mol. The molecule has 1 heterocycles. The highest BCUT2D eigenvalue weighted by molar-refractivity contribution is 5.79. The lowest BCUT2D eigenvalue weighted by atomic mass is 9.68. The zero-order valence-electron chi connectivity index (χ0n) is 13.7. The molecule has 120 valence electrons. The molecule has 3 heteroatoms. The fourth-order valence-corrected chi connectivity index (χ4v) is 5.12. The number of nitrogens with two attached hydrogens (primary N) is 1. The first kappa shape index (κ1) is 15.3. The maximum Gasteiger partial charge on any atom is 0.225 e. The summed E-state index contributed by atoms with van der Waals surface area (Å²) < 4.78 is 0. The topological polar surface area (TPSA) is 46.3 Å². The van der Waals surface area contributed by atoms with E-state index in [1.165, 1.54) is 44.9 Å². The Kier molecular flexibility index (Phi) is 4.58. The molecule has 0 bridgehead atoms. The van der Waals surface area contributed by atoms with Crippen LogP contribution in [0.4, 0.5) is 0 Å². The molecular weight excluding hydrogens is 260 g/mol. The highest BCUT2D eigenvalue weighted by Gasteiger charge is 2.39. The van der Waals surface area contributed by atoms with Crippen molar-refractivity contribution in [3.8, 4) is 0 Å². The summed E-state index contributed by atoms with van der Waals surface area (Å²) in [5.41, 5.74) is 6.71. The zero-order chi connectivity index (χ0) is 14.9. The van der Waals surface area contributed by atoms with Crippen molar-refractivity contribution < 1.29 is 4.79 Å². The van der Waals surface area contributed by atoms with E-state index in [2.05, 4.69) is 11.8 Å². The second-order valence-corrected chi connectivity index (χ2v) is 8.16. The molecule has 1 aliphatic heterocycles. The van der Waals surface area contributed by atoms with Gasteiger partial charge in [-0.2, -0.15) is 0 Å². The summed E-state index contributed by atoms with van der Waals surface area (Å²) in [5.74, 6) is 1.21. The number of likely N-dealkylation sites (tertiary alicyclic amines) is 1. The Morgan fingerprint density at radius 2 is 1.67 bits per heavy atom. The van der Waals surface area contributed by atoms with E-state index in [-0.39, 0.29) is 12.0 Å². The molecule has 21 heavy (non-hydrogen) atoms. The molecule has 2 saturated carbocycles. The lowest BCUT2D eigenvalue weighted by molar-refractivity contribution is -0.140. The first-order valence-electron chi connectivity index (χ1n) is 9.12. The van der Waals surface area contributed by atoms with Crippen molar-refractivity contribution in [1.82, 2.24) is 4.90 Å². The van der Waals surface area contributed by atoms with Gasteiger partial charge < -0.3 is 10.6 Å². The van der Waals surface area contributed by atoms with E-state index >= 15 is 0 Å². The molecule has 3 atom stereocenters. The average Bonchev–Trinajstić information content (AvgIpc) is 2.47. The van der Waals surface area contributed by atoms with Crippen molar-refractivity contribution >= 4 is 5.91 Å². The summed E-state index contributed by atoms with van der Waals surface area (Å²) in [6.07, 6.45) is 12.6. The number of hydrogen-bond donors (Lipinski definition) is 1. The Morgan fingerprint density at radius 3 is 2.29 bits per heavy atom. The van der Waals surface area contributed by atoms with Crippen LogP contribution in [0.5, 0.6) is 0 Å². The van der Waals surface area contributed by atoms with Crippen LogP contribution >= 0.6 is 0 Å². The molecule has 2 aliphatic carbocycles. The molecular formula is C18H32N2O. The van der Waals surface area contributed by atoms with Gasteiger partial charge in [0.05, 0.1) is 0 Å². The van der Waals surface area contributed by atoms with Crippen molar-refractivity contribution in [1.29, 1.82) is 0 Å². The molecule has 3 aliphatic rings. The van der Waals surface area contributed by atoms with Crippen molar-refractivity contribution in [2.75, 3.05) is 13.1 Å². The van der Waals surface area contributed by atoms with E-state index in [4.69, 9.17) is 5.73 Å². The second kappa shape index (κ2) is 6.28. The van der Waals surface area contributed by atoms with E-state index in [0.717, 1.165) is 32.4 Å². The third kappa shape index (κ3) is 3.44. The number of amides is 1. The van der Waals surface area contributed by atoms with Gasteiger partial charge in [-0.15, -0.1) is 0 Å². The Balaban J connectivity index is 1.55. The summed E-state index contributed by atoms with van der Waals surface area (Å²) in [5, 5.41) is 0. The maximum absolute atomic E-state index is 12.8. The Bertz CT molecular complexity index is 355. The van der Waals surface area contributed by atoms with Crippen LogP contribution in [0.3, 0.4) is 0 Å². The molecule has 3 unspecified atom stereocenters.